The molecule has 39 heavy (non-hydrogen) atoms. The minimum atomic E-state index is -1.15. The van der Waals surface area contributed by atoms with Crippen LogP contribution in [0.5, 0.6) is 5.75 Å². The first-order chi connectivity index (χ1) is 18.2. The van der Waals surface area contributed by atoms with E-state index in [1.54, 1.807) is 32.9 Å². The van der Waals surface area contributed by atoms with Crippen molar-refractivity contribution in [3.8, 4) is 5.75 Å². The first kappa shape index (κ1) is 33.2. The number of nitrogens with one attached hydrogen (secondary N) is 4. The van der Waals surface area contributed by atoms with Crippen LogP contribution in [0.1, 0.15) is 39.2 Å². The van der Waals surface area contributed by atoms with Gasteiger partial charge in [-0.1, -0.05) is 12.1 Å². The zero-order chi connectivity index (χ0) is 29.6. The Bertz CT molecular complexity index is 1030. The zero-order valence-electron chi connectivity index (χ0n) is 22.4. The SMILES string of the molecule is COC(=O)CC(=O)CNC(=O)CNC(=O)C(CS)NC(=O)C(CCc1ccc(O)cc1)NC(=O)OC(C)(C)C. The number of carbonyl (C=O) groups excluding carboxylic acids is 6. The standard InChI is InChI=1S/C25H36N4O9S/c1-25(2,3)38-24(36)29-18(10-7-15-5-8-16(30)9-6-15)23(35)28-19(14-39)22(34)27-13-20(32)26-12-17(31)11-21(33)37-4/h5-6,8-9,18-19,30,39H,7,10-14H2,1-4H3,(H,26,32)(H,27,34)(H,28,35)(H,29,36). The number of carbonyl (C=O) groups is 6. The number of rotatable bonds is 14. The van der Waals surface area contributed by atoms with Crippen LogP contribution < -0.4 is 21.3 Å². The lowest BCUT2D eigenvalue weighted by Crippen LogP contribution is -2.55. The Morgan fingerprint density at radius 2 is 1.56 bits per heavy atom. The molecule has 0 saturated heterocycles. The molecule has 0 bridgehead atoms. The molecule has 13 nitrogen and oxygen atoms in total. The van der Waals surface area contributed by atoms with Gasteiger partial charge >= 0.3 is 12.1 Å². The van der Waals surface area contributed by atoms with E-state index in [0.29, 0.717) is 6.42 Å². The van der Waals surface area contributed by atoms with Crippen LogP contribution in [0.4, 0.5) is 4.79 Å². The van der Waals surface area contributed by atoms with Crippen molar-refractivity contribution < 1.29 is 43.3 Å². The summed E-state index contributed by atoms with van der Waals surface area (Å²) >= 11 is 4.10. The number of aromatic hydroxyl groups is 1. The van der Waals surface area contributed by atoms with Gasteiger partial charge < -0.3 is 35.8 Å². The Balaban J connectivity index is 2.74. The van der Waals surface area contributed by atoms with Crippen molar-refractivity contribution in [3.05, 3.63) is 29.8 Å². The number of esters is 1. The molecule has 4 amide bonds. The molecule has 216 valence electrons. The van der Waals surface area contributed by atoms with Crippen LogP contribution >= 0.6 is 12.6 Å². The molecule has 0 radical (unpaired) electrons. The van der Waals surface area contributed by atoms with Crippen LogP contribution in [0.3, 0.4) is 0 Å². The second kappa shape index (κ2) is 16.2. The second-order valence-electron chi connectivity index (χ2n) is 9.43. The predicted molar refractivity (Wildman–Crippen MR) is 143 cm³/mol. The molecule has 0 fully saturated rings. The molecule has 0 saturated carbocycles. The first-order valence-electron chi connectivity index (χ1n) is 12.1. The highest BCUT2D eigenvalue weighted by Crippen LogP contribution is 2.13. The molecule has 1 rings (SSSR count). The van der Waals surface area contributed by atoms with Crippen LogP contribution in [-0.2, 0) is 39.9 Å². The van der Waals surface area contributed by atoms with Crippen molar-refractivity contribution in [1.82, 2.24) is 21.3 Å². The van der Waals surface area contributed by atoms with Crippen molar-refractivity contribution >= 4 is 48.2 Å². The monoisotopic (exact) mass is 568 g/mol. The van der Waals surface area contributed by atoms with Crippen molar-refractivity contribution in [2.75, 3.05) is 26.0 Å². The normalized spacial score (nSPS) is 12.3. The molecule has 2 atom stereocenters. The molecule has 14 heteroatoms. The van der Waals surface area contributed by atoms with Crippen LogP contribution in [0.2, 0.25) is 0 Å². The molecule has 0 aliphatic heterocycles. The van der Waals surface area contributed by atoms with E-state index in [1.165, 1.54) is 12.1 Å². The van der Waals surface area contributed by atoms with Gasteiger partial charge in [-0.15, -0.1) is 0 Å². The molecule has 2 unspecified atom stereocenters. The number of methoxy groups -OCH3 is 1. The summed E-state index contributed by atoms with van der Waals surface area (Å²) in [5.41, 5.74) is -0.00348. The summed E-state index contributed by atoms with van der Waals surface area (Å²) in [6.07, 6.45) is -0.805. The molecule has 0 spiro atoms. The Morgan fingerprint density at radius 3 is 2.13 bits per heavy atom. The maximum Gasteiger partial charge on any atom is 0.408 e. The van der Waals surface area contributed by atoms with Gasteiger partial charge in [0.2, 0.25) is 17.7 Å². The van der Waals surface area contributed by atoms with Crippen LogP contribution in [0, 0.1) is 0 Å². The van der Waals surface area contributed by atoms with Crippen molar-refractivity contribution in [2.24, 2.45) is 0 Å². The molecule has 1 aromatic rings. The number of phenols is 1. The van der Waals surface area contributed by atoms with Crippen molar-refractivity contribution in [1.29, 1.82) is 0 Å². The molecule has 5 N–H and O–H groups in total. The van der Waals surface area contributed by atoms with E-state index in [9.17, 15) is 33.9 Å². The van der Waals surface area contributed by atoms with E-state index in [1.807, 2.05) is 0 Å². The van der Waals surface area contributed by atoms with Gasteiger partial charge in [-0.25, -0.2) is 4.79 Å². The van der Waals surface area contributed by atoms with Gasteiger partial charge in [-0.05, 0) is 51.3 Å². The largest absolute Gasteiger partial charge is 0.508 e. The van der Waals surface area contributed by atoms with E-state index in [4.69, 9.17) is 4.74 Å². The van der Waals surface area contributed by atoms with Crippen molar-refractivity contribution in [3.63, 3.8) is 0 Å². The summed E-state index contributed by atoms with van der Waals surface area (Å²) in [4.78, 5) is 72.6. The fourth-order valence-corrected chi connectivity index (χ4v) is 3.26. The summed E-state index contributed by atoms with van der Waals surface area (Å²) in [5.74, 6) is -3.42. The highest BCUT2D eigenvalue weighted by molar-refractivity contribution is 7.80. The number of hydrogen-bond donors (Lipinski definition) is 6. The number of benzene rings is 1. The predicted octanol–water partition coefficient (Wildman–Crippen LogP) is -0.00270. The topological polar surface area (TPSA) is 189 Å². The number of Topliss-reactive ketones (excluding diaryl/α,β-unsaturated/α-hetero) is 1. The summed E-state index contributed by atoms with van der Waals surface area (Å²) in [6.45, 7) is 4.10. The zero-order valence-corrected chi connectivity index (χ0v) is 23.3. The van der Waals surface area contributed by atoms with Gasteiger partial charge in [0.15, 0.2) is 5.78 Å². The highest BCUT2D eigenvalue weighted by Gasteiger charge is 2.28. The maximum atomic E-state index is 13.0. The van der Waals surface area contributed by atoms with Crippen LogP contribution in [0.15, 0.2) is 24.3 Å². The molecule has 0 aliphatic rings. The molecule has 0 heterocycles. The summed E-state index contributed by atoms with van der Waals surface area (Å²) in [6, 6.07) is 4.13. The Hall–Kier alpha value is -3.81. The Labute approximate surface area is 232 Å². The second-order valence-corrected chi connectivity index (χ2v) is 9.80. The molecule has 1 aromatic carbocycles. The van der Waals surface area contributed by atoms with Gasteiger partial charge in [0.25, 0.3) is 0 Å². The van der Waals surface area contributed by atoms with Crippen LogP contribution in [0.25, 0.3) is 0 Å². The lowest BCUT2D eigenvalue weighted by molar-refractivity contribution is -0.143. The van der Waals surface area contributed by atoms with Gasteiger partial charge in [-0.3, -0.25) is 24.0 Å². The lowest BCUT2D eigenvalue weighted by atomic mass is 10.0. The fraction of sp³-hybridized carbons (Fsp3) is 0.520. The van der Waals surface area contributed by atoms with Crippen LogP contribution in [-0.4, -0.2) is 84.3 Å². The fourth-order valence-electron chi connectivity index (χ4n) is 3.00. The molecule has 0 aromatic heterocycles. The molecular formula is C25H36N4O9S. The van der Waals surface area contributed by atoms with Crippen molar-refractivity contribution in [2.45, 2.75) is 57.7 Å². The lowest BCUT2D eigenvalue weighted by Gasteiger charge is -2.25. The average Bonchev–Trinajstić information content (AvgIpc) is 2.86. The summed E-state index contributed by atoms with van der Waals surface area (Å²) in [7, 11) is 1.13. The number of aryl methyl sites for hydroxylation is 1. The highest BCUT2D eigenvalue weighted by atomic mass is 32.1. The minimum Gasteiger partial charge on any atom is -0.508 e. The quantitative estimate of drug-likeness (QED) is 0.102. The molecule has 0 aliphatic carbocycles. The molecular weight excluding hydrogens is 532 g/mol. The third-order valence-electron chi connectivity index (χ3n) is 4.96. The number of amides is 4. The first-order valence-corrected chi connectivity index (χ1v) is 12.7. The Kier molecular flexibility index (Phi) is 13.8. The summed E-state index contributed by atoms with van der Waals surface area (Å²) < 4.78 is 9.61. The van der Waals surface area contributed by atoms with E-state index >= 15 is 0 Å². The number of hydrogen-bond acceptors (Lipinski definition) is 10. The van der Waals surface area contributed by atoms with E-state index < -0.39 is 72.8 Å². The Morgan fingerprint density at radius 1 is 0.923 bits per heavy atom. The minimum absolute atomic E-state index is 0.0871. The summed E-state index contributed by atoms with van der Waals surface area (Å²) in [5, 5.41) is 19.1. The third kappa shape index (κ3) is 14.1. The van der Waals surface area contributed by atoms with Gasteiger partial charge in [0, 0.05) is 5.75 Å². The van der Waals surface area contributed by atoms with Gasteiger partial charge in [0.05, 0.1) is 20.2 Å². The van der Waals surface area contributed by atoms with E-state index in [-0.39, 0.29) is 17.9 Å². The van der Waals surface area contributed by atoms with Gasteiger partial charge in [0.1, 0.15) is 29.9 Å². The number of alkyl carbamates (subject to hydrolysis) is 1. The number of thiol groups is 1. The maximum absolute atomic E-state index is 13.0. The smallest absolute Gasteiger partial charge is 0.408 e. The van der Waals surface area contributed by atoms with E-state index in [2.05, 4.69) is 38.6 Å². The van der Waals surface area contributed by atoms with Gasteiger partial charge in [-0.2, -0.15) is 12.6 Å². The number of phenolic OH excluding ortho intramolecular Hbond substituents is 1. The average molecular weight is 569 g/mol. The number of ketones is 1. The number of ether oxygens (including phenoxy) is 2. The third-order valence-corrected chi connectivity index (χ3v) is 5.32. The van der Waals surface area contributed by atoms with E-state index in [0.717, 1.165) is 12.7 Å².